The van der Waals surface area contributed by atoms with E-state index < -0.39 is 0 Å². The van der Waals surface area contributed by atoms with Gasteiger partial charge in [0.25, 0.3) is 0 Å². The molecule has 0 radical (unpaired) electrons. The molecule has 0 saturated carbocycles. The second-order valence-corrected chi connectivity index (χ2v) is 9.08. The predicted octanol–water partition coefficient (Wildman–Crippen LogP) is 11.1. The van der Waals surface area contributed by atoms with Gasteiger partial charge in [0.2, 0.25) is 0 Å². The third kappa shape index (κ3) is 27.5. The first kappa shape index (κ1) is 28.5. The van der Waals surface area contributed by atoms with E-state index >= 15 is 0 Å². The first-order valence-electron chi connectivity index (χ1n) is 13.7. The standard InChI is InChI=1S/C29H56/c1-3-5-7-9-11-13-15-17-19-21-23-25-27-29-28-26-24-22-20-18-16-14-12-10-8-6-4-2/h5,7,21,23H,3-4,6,8-20,22,24-29H2,1-2H3/b7-5+,23-21+. The molecular weight excluding hydrogens is 348 g/mol. The van der Waals surface area contributed by atoms with Gasteiger partial charge in [-0.05, 0) is 44.9 Å². The third-order valence-electron chi connectivity index (χ3n) is 6.03. The summed E-state index contributed by atoms with van der Waals surface area (Å²) in [6, 6.07) is 0. The lowest BCUT2D eigenvalue weighted by molar-refractivity contribution is 0.533. The van der Waals surface area contributed by atoms with E-state index in [4.69, 9.17) is 0 Å². The van der Waals surface area contributed by atoms with Gasteiger partial charge in [-0.15, -0.1) is 0 Å². The van der Waals surface area contributed by atoms with Crippen LogP contribution in [0.2, 0.25) is 0 Å². The Hall–Kier alpha value is -0.520. The Kier molecular flexibility index (Phi) is 27.0. The fourth-order valence-corrected chi connectivity index (χ4v) is 4.03. The molecule has 0 unspecified atom stereocenters. The van der Waals surface area contributed by atoms with Crippen molar-refractivity contribution in [1.82, 2.24) is 0 Å². The maximum absolute atomic E-state index is 2.44. The van der Waals surface area contributed by atoms with Gasteiger partial charge < -0.3 is 0 Å². The Morgan fingerprint density at radius 3 is 0.897 bits per heavy atom. The zero-order valence-corrected chi connectivity index (χ0v) is 20.6. The van der Waals surface area contributed by atoms with Gasteiger partial charge in [0.15, 0.2) is 0 Å². The average molecular weight is 405 g/mol. The van der Waals surface area contributed by atoms with Crippen LogP contribution < -0.4 is 0 Å². The van der Waals surface area contributed by atoms with Crippen molar-refractivity contribution in [1.29, 1.82) is 0 Å². The van der Waals surface area contributed by atoms with Gasteiger partial charge in [-0.25, -0.2) is 0 Å². The van der Waals surface area contributed by atoms with Crippen LogP contribution in [-0.2, 0) is 0 Å². The molecule has 0 aliphatic rings. The molecule has 29 heavy (non-hydrogen) atoms. The molecule has 0 heteroatoms. The molecule has 0 amide bonds. The summed E-state index contributed by atoms with van der Waals surface area (Å²) in [6.07, 6.45) is 42.0. The molecular formula is C29H56. The van der Waals surface area contributed by atoms with Crippen molar-refractivity contribution in [2.24, 2.45) is 0 Å². The Morgan fingerprint density at radius 1 is 0.310 bits per heavy atom. The summed E-state index contributed by atoms with van der Waals surface area (Å²) in [5, 5.41) is 0. The van der Waals surface area contributed by atoms with E-state index in [-0.39, 0.29) is 0 Å². The molecule has 0 saturated heterocycles. The van der Waals surface area contributed by atoms with Crippen molar-refractivity contribution in [3.63, 3.8) is 0 Å². The van der Waals surface area contributed by atoms with Crippen LogP contribution in [0.5, 0.6) is 0 Å². The predicted molar refractivity (Wildman–Crippen MR) is 136 cm³/mol. The first-order chi connectivity index (χ1) is 14.4. The quantitative estimate of drug-likeness (QED) is 0.111. The van der Waals surface area contributed by atoms with Crippen LogP contribution in [0, 0.1) is 0 Å². The van der Waals surface area contributed by atoms with Crippen LogP contribution >= 0.6 is 0 Å². The van der Waals surface area contributed by atoms with Crippen LogP contribution in [0.25, 0.3) is 0 Å². The molecule has 172 valence electrons. The molecule has 0 aromatic rings. The van der Waals surface area contributed by atoms with E-state index in [0.29, 0.717) is 0 Å². The summed E-state index contributed by atoms with van der Waals surface area (Å²) in [4.78, 5) is 0. The highest BCUT2D eigenvalue weighted by atomic mass is 14.0. The molecule has 0 aromatic heterocycles. The van der Waals surface area contributed by atoms with E-state index in [9.17, 15) is 0 Å². The van der Waals surface area contributed by atoms with Crippen molar-refractivity contribution in [2.45, 2.75) is 162 Å². The molecule has 0 aliphatic heterocycles. The minimum Gasteiger partial charge on any atom is -0.0888 e. The lowest BCUT2D eigenvalue weighted by Gasteiger charge is -2.03. The lowest BCUT2D eigenvalue weighted by atomic mass is 10.0. The van der Waals surface area contributed by atoms with Gasteiger partial charge in [-0.3, -0.25) is 0 Å². The number of allylic oxidation sites excluding steroid dienone is 4. The zero-order valence-electron chi connectivity index (χ0n) is 20.6. The van der Waals surface area contributed by atoms with Crippen molar-refractivity contribution in [3.05, 3.63) is 24.3 Å². The van der Waals surface area contributed by atoms with E-state index in [1.807, 2.05) is 0 Å². The highest BCUT2D eigenvalue weighted by molar-refractivity contribution is 4.82. The summed E-state index contributed by atoms with van der Waals surface area (Å²) in [7, 11) is 0. The topological polar surface area (TPSA) is 0 Å². The molecule has 0 rings (SSSR count). The van der Waals surface area contributed by atoms with E-state index in [1.165, 1.54) is 148 Å². The van der Waals surface area contributed by atoms with Crippen molar-refractivity contribution in [3.8, 4) is 0 Å². The average Bonchev–Trinajstić information content (AvgIpc) is 2.74. The first-order valence-corrected chi connectivity index (χ1v) is 13.7. The van der Waals surface area contributed by atoms with Crippen LogP contribution in [0.15, 0.2) is 24.3 Å². The second-order valence-electron chi connectivity index (χ2n) is 9.08. The molecule has 0 aliphatic carbocycles. The maximum atomic E-state index is 2.44. The van der Waals surface area contributed by atoms with Gasteiger partial charge in [-0.2, -0.15) is 0 Å². The normalized spacial score (nSPS) is 11.9. The van der Waals surface area contributed by atoms with E-state index in [2.05, 4.69) is 38.2 Å². The van der Waals surface area contributed by atoms with Crippen molar-refractivity contribution >= 4 is 0 Å². The minimum atomic E-state index is 1.18. The molecule has 0 heterocycles. The second kappa shape index (κ2) is 27.5. The number of rotatable bonds is 24. The summed E-state index contributed by atoms with van der Waals surface area (Å²) in [5.41, 5.74) is 0. The molecule has 0 fully saturated rings. The highest BCUT2D eigenvalue weighted by Gasteiger charge is 1.94. The van der Waals surface area contributed by atoms with E-state index in [1.54, 1.807) is 0 Å². The van der Waals surface area contributed by atoms with Gasteiger partial charge in [0.1, 0.15) is 0 Å². The van der Waals surface area contributed by atoms with Crippen molar-refractivity contribution < 1.29 is 0 Å². The number of unbranched alkanes of at least 4 members (excludes halogenated alkanes) is 20. The molecule has 0 nitrogen and oxygen atoms in total. The fraction of sp³-hybridized carbons (Fsp3) is 0.862. The van der Waals surface area contributed by atoms with Gasteiger partial charge in [0, 0.05) is 0 Å². The number of hydrogen-bond donors (Lipinski definition) is 0. The van der Waals surface area contributed by atoms with E-state index in [0.717, 1.165) is 0 Å². The summed E-state index contributed by atoms with van der Waals surface area (Å²) >= 11 is 0. The largest absolute Gasteiger partial charge is 0.0888 e. The minimum absolute atomic E-state index is 1.18. The monoisotopic (exact) mass is 404 g/mol. The van der Waals surface area contributed by atoms with Gasteiger partial charge >= 0.3 is 0 Å². The summed E-state index contributed by atoms with van der Waals surface area (Å²) in [6.45, 7) is 4.51. The van der Waals surface area contributed by atoms with Gasteiger partial charge in [0.05, 0.1) is 0 Å². The maximum Gasteiger partial charge on any atom is -0.0351 e. The highest BCUT2D eigenvalue weighted by Crippen LogP contribution is 2.14. The van der Waals surface area contributed by atoms with Crippen LogP contribution in [0.1, 0.15) is 162 Å². The number of hydrogen-bond acceptors (Lipinski definition) is 0. The van der Waals surface area contributed by atoms with Crippen LogP contribution in [-0.4, -0.2) is 0 Å². The van der Waals surface area contributed by atoms with Crippen molar-refractivity contribution in [2.75, 3.05) is 0 Å². The molecule has 0 aromatic carbocycles. The lowest BCUT2D eigenvalue weighted by Crippen LogP contribution is -1.83. The molecule has 0 spiro atoms. The molecule has 0 bridgehead atoms. The Bertz CT molecular complexity index is 325. The Balaban J connectivity index is 3.07. The Morgan fingerprint density at radius 2 is 0.586 bits per heavy atom. The Labute approximate surface area is 186 Å². The zero-order chi connectivity index (χ0) is 21.1. The third-order valence-corrected chi connectivity index (χ3v) is 6.03. The van der Waals surface area contributed by atoms with Gasteiger partial charge in [-0.1, -0.05) is 141 Å². The molecule has 0 atom stereocenters. The van der Waals surface area contributed by atoms with Crippen LogP contribution in [0.3, 0.4) is 0 Å². The smallest absolute Gasteiger partial charge is 0.0351 e. The summed E-state index contributed by atoms with van der Waals surface area (Å²) in [5.74, 6) is 0. The SMILES string of the molecule is CC/C=C/CCCCCC/C=C/CCCCCCCCCCCCCCCCC. The van der Waals surface area contributed by atoms with Crippen LogP contribution in [0.4, 0.5) is 0 Å². The summed E-state index contributed by atoms with van der Waals surface area (Å²) < 4.78 is 0. The molecule has 0 N–H and O–H groups in total. The fourth-order valence-electron chi connectivity index (χ4n) is 4.03.